The summed E-state index contributed by atoms with van der Waals surface area (Å²) in [4.78, 5) is 5.73. The summed E-state index contributed by atoms with van der Waals surface area (Å²) in [7, 11) is 1.94. The first-order valence-corrected chi connectivity index (χ1v) is 6.22. The summed E-state index contributed by atoms with van der Waals surface area (Å²) in [5.41, 5.74) is 1.24. The highest BCUT2D eigenvalue weighted by Crippen LogP contribution is 2.34. The average Bonchev–Trinajstić information content (AvgIpc) is 2.71. The summed E-state index contributed by atoms with van der Waals surface area (Å²) in [6.07, 6.45) is 0.358. The molecule has 1 heterocycles. The van der Waals surface area contributed by atoms with Crippen LogP contribution in [-0.2, 0) is 4.84 Å². The molecule has 1 saturated heterocycles. The van der Waals surface area contributed by atoms with Crippen molar-refractivity contribution in [3.63, 3.8) is 0 Å². The van der Waals surface area contributed by atoms with Crippen LogP contribution in [0.1, 0.15) is 31.9 Å². The Balaban J connectivity index is 2.08. The van der Waals surface area contributed by atoms with Crippen LogP contribution < -0.4 is 0 Å². The molecular formula is C14H21NO2. The maximum atomic E-state index is 10.1. The van der Waals surface area contributed by atoms with Gasteiger partial charge in [-0.1, -0.05) is 44.2 Å². The molecule has 0 unspecified atom stereocenters. The van der Waals surface area contributed by atoms with Crippen LogP contribution in [0.5, 0.6) is 0 Å². The van der Waals surface area contributed by atoms with E-state index in [4.69, 9.17) is 4.84 Å². The maximum absolute atomic E-state index is 10.1. The average molecular weight is 235 g/mol. The van der Waals surface area contributed by atoms with Crippen LogP contribution in [0, 0.1) is 5.92 Å². The fraction of sp³-hybridized carbons (Fsp3) is 0.571. The Morgan fingerprint density at radius 2 is 1.94 bits per heavy atom. The van der Waals surface area contributed by atoms with E-state index in [1.54, 1.807) is 0 Å². The third-order valence-electron chi connectivity index (χ3n) is 3.44. The molecule has 0 bridgehead atoms. The first-order valence-electron chi connectivity index (χ1n) is 6.22. The van der Waals surface area contributed by atoms with Gasteiger partial charge in [0, 0.05) is 13.5 Å². The smallest absolute Gasteiger partial charge is 0.107 e. The van der Waals surface area contributed by atoms with Crippen LogP contribution in [0.4, 0.5) is 0 Å². The number of benzene rings is 1. The highest BCUT2D eigenvalue weighted by Gasteiger charge is 2.36. The van der Waals surface area contributed by atoms with Gasteiger partial charge in [0.05, 0.1) is 12.1 Å². The van der Waals surface area contributed by atoms with Gasteiger partial charge in [-0.3, -0.25) is 4.84 Å². The zero-order chi connectivity index (χ0) is 12.4. The first kappa shape index (κ1) is 12.6. The summed E-state index contributed by atoms with van der Waals surface area (Å²) in [5.74, 6) is 0.225. The fourth-order valence-electron chi connectivity index (χ4n) is 2.35. The molecule has 0 amide bonds. The number of hydroxylamine groups is 2. The Morgan fingerprint density at radius 1 is 1.29 bits per heavy atom. The van der Waals surface area contributed by atoms with Crippen molar-refractivity contribution in [2.24, 2.45) is 5.92 Å². The minimum Gasteiger partial charge on any atom is -0.390 e. The summed E-state index contributed by atoms with van der Waals surface area (Å²) >= 11 is 0. The Hall–Kier alpha value is -0.900. The highest BCUT2D eigenvalue weighted by atomic mass is 16.7. The van der Waals surface area contributed by atoms with E-state index in [0.29, 0.717) is 0 Å². The molecule has 3 nitrogen and oxygen atoms in total. The van der Waals surface area contributed by atoms with Gasteiger partial charge in [0.1, 0.15) is 6.10 Å². The van der Waals surface area contributed by atoms with E-state index in [2.05, 4.69) is 12.1 Å². The standard InChI is InChI=1S/C14H21NO2/c1-10(2)14(16)13-9-12(15(3)17-13)11-7-5-4-6-8-11/h4-8,10,12-14,16H,9H2,1-3H3/t12-,13+,14+/m1/s1. The van der Waals surface area contributed by atoms with Gasteiger partial charge in [0.2, 0.25) is 0 Å². The molecular weight excluding hydrogens is 214 g/mol. The molecule has 3 atom stereocenters. The van der Waals surface area contributed by atoms with Crippen LogP contribution >= 0.6 is 0 Å². The van der Waals surface area contributed by atoms with Crippen molar-refractivity contribution >= 4 is 0 Å². The summed E-state index contributed by atoms with van der Waals surface area (Å²) in [5, 5.41) is 11.9. The van der Waals surface area contributed by atoms with Crippen molar-refractivity contribution < 1.29 is 9.94 Å². The highest BCUT2D eigenvalue weighted by molar-refractivity contribution is 5.19. The fourth-order valence-corrected chi connectivity index (χ4v) is 2.35. The summed E-state index contributed by atoms with van der Waals surface area (Å²) < 4.78 is 0. The van der Waals surface area contributed by atoms with E-state index >= 15 is 0 Å². The third-order valence-corrected chi connectivity index (χ3v) is 3.44. The molecule has 94 valence electrons. The van der Waals surface area contributed by atoms with Crippen LogP contribution in [0.3, 0.4) is 0 Å². The van der Waals surface area contributed by atoms with E-state index in [9.17, 15) is 5.11 Å². The van der Waals surface area contributed by atoms with Crippen molar-refractivity contribution in [2.75, 3.05) is 7.05 Å². The second kappa shape index (κ2) is 5.17. The molecule has 0 spiro atoms. The molecule has 3 heteroatoms. The largest absolute Gasteiger partial charge is 0.390 e. The molecule has 1 aliphatic rings. The predicted molar refractivity (Wildman–Crippen MR) is 67.3 cm³/mol. The third kappa shape index (κ3) is 2.68. The molecule has 1 aromatic rings. The number of rotatable bonds is 3. The van der Waals surface area contributed by atoms with Crippen molar-refractivity contribution in [3.05, 3.63) is 35.9 Å². The number of aliphatic hydroxyl groups is 1. The molecule has 0 radical (unpaired) electrons. The molecule has 0 saturated carbocycles. The lowest BCUT2D eigenvalue weighted by atomic mass is 9.95. The Morgan fingerprint density at radius 3 is 2.53 bits per heavy atom. The van der Waals surface area contributed by atoms with Gasteiger partial charge in [0.15, 0.2) is 0 Å². The van der Waals surface area contributed by atoms with Gasteiger partial charge in [-0.2, -0.15) is 5.06 Å². The molecule has 0 aromatic heterocycles. The van der Waals surface area contributed by atoms with E-state index in [1.807, 2.05) is 44.2 Å². The summed E-state index contributed by atoms with van der Waals surface area (Å²) in [6, 6.07) is 10.5. The molecule has 1 aromatic carbocycles. The minimum absolute atomic E-state index is 0.0924. The Kier molecular flexibility index (Phi) is 3.82. The predicted octanol–water partition coefficient (Wildman–Crippen LogP) is 2.38. The molecule has 17 heavy (non-hydrogen) atoms. The lowest BCUT2D eigenvalue weighted by Gasteiger charge is -2.20. The van der Waals surface area contributed by atoms with E-state index in [-0.39, 0.29) is 18.1 Å². The second-order valence-corrected chi connectivity index (χ2v) is 5.09. The van der Waals surface area contributed by atoms with Gasteiger partial charge < -0.3 is 5.11 Å². The Bertz CT molecular complexity index is 352. The lowest BCUT2D eigenvalue weighted by Crippen LogP contribution is -2.31. The topological polar surface area (TPSA) is 32.7 Å². The van der Waals surface area contributed by atoms with Crippen molar-refractivity contribution in [1.82, 2.24) is 5.06 Å². The maximum Gasteiger partial charge on any atom is 0.107 e. The molecule has 1 N–H and O–H groups in total. The number of aliphatic hydroxyl groups excluding tert-OH is 1. The van der Waals surface area contributed by atoms with Crippen LogP contribution in [0.15, 0.2) is 30.3 Å². The van der Waals surface area contributed by atoms with Gasteiger partial charge in [0.25, 0.3) is 0 Å². The van der Waals surface area contributed by atoms with Crippen LogP contribution in [-0.4, -0.2) is 29.4 Å². The van der Waals surface area contributed by atoms with E-state index < -0.39 is 6.10 Å². The number of hydrogen-bond acceptors (Lipinski definition) is 3. The monoisotopic (exact) mass is 235 g/mol. The second-order valence-electron chi connectivity index (χ2n) is 5.09. The van der Waals surface area contributed by atoms with E-state index in [1.165, 1.54) is 5.56 Å². The molecule has 2 rings (SSSR count). The number of hydrogen-bond donors (Lipinski definition) is 1. The van der Waals surface area contributed by atoms with Gasteiger partial charge in [-0.15, -0.1) is 0 Å². The first-order chi connectivity index (χ1) is 8.09. The Labute approximate surface area is 103 Å². The zero-order valence-electron chi connectivity index (χ0n) is 10.7. The summed E-state index contributed by atoms with van der Waals surface area (Å²) in [6.45, 7) is 4.04. The quantitative estimate of drug-likeness (QED) is 0.873. The van der Waals surface area contributed by atoms with Crippen molar-refractivity contribution in [1.29, 1.82) is 0 Å². The number of nitrogens with zero attached hydrogens (tertiary/aromatic N) is 1. The van der Waals surface area contributed by atoms with Crippen molar-refractivity contribution in [2.45, 2.75) is 38.5 Å². The molecule has 1 aliphatic heterocycles. The van der Waals surface area contributed by atoms with Gasteiger partial charge in [-0.05, 0) is 11.5 Å². The van der Waals surface area contributed by atoms with Gasteiger partial charge >= 0.3 is 0 Å². The SMILES string of the molecule is CC(C)[C@H](O)[C@@H]1C[C@H](c2ccccc2)N(C)O1. The van der Waals surface area contributed by atoms with E-state index in [0.717, 1.165) is 6.42 Å². The molecule has 0 aliphatic carbocycles. The lowest BCUT2D eigenvalue weighted by molar-refractivity contribution is -0.175. The minimum atomic E-state index is -0.397. The van der Waals surface area contributed by atoms with Crippen LogP contribution in [0.25, 0.3) is 0 Å². The molecule has 1 fully saturated rings. The van der Waals surface area contributed by atoms with Crippen LogP contribution in [0.2, 0.25) is 0 Å². The normalized spacial score (nSPS) is 27.6. The van der Waals surface area contributed by atoms with Gasteiger partial charge in [-0.25, -0.2) is 0 Å². The van der Waals surface area contributed by atoms with Crippen molar-refractivity contribution in [3.8, 4) is 0 Å². The zero-order valence-corrected chi connectivity index (χ0v) is 10.7.